The normalized spacial score (nSPS) is 19.8. The van der Waals surface area contributed by atoms with Crippen LogP contribution in [0.4, 0.5) is 0 Å². The van der Waals surface area contributed by atoms with E-state index in [9.17, 15) is 0 Å². The van der Waals surface area contributed by atoms with Crippen molar-refractivity contribution in [3.8, 4) is 0 Å². The Morgan fingerprint density at radius 3 is 2.59 bits per heavy atom. The van der Waals surface area contributed by atoms with Crippen LogP contribution in [0.25, 0.3) is 0 Å². The van der Waals surface area contributed by atoms with Crippen molar-refractivity contribution in [3.63, 3.8) is 0 Å². The van der Waals surface area contributed by atoms with E-state index in [4.69, 9.17) is 5.73 Å². The van der Waals surface area contributed by atoms with E-state index in [1.807, 2.05) is 10.9 Å². The van der Waals surface area contributed by atoms with Crippen LogP contribution in [0.5, 0.6) is 0 Å². The lowest BCUT2D eigenvalue weighted by molar-refractivity contribution is 0.124. The average molecular weight is 236 g/mol. The second-order valence-electron chi connectivity index (χ2n) is 5.45. The monoisotopic (exact) mass is 236 g/mol. The van der Waals surface area contributed by atoms with Gasteiger partial charge in [-0.15, -0.1) is 0 Å². The molecule has 0 saturated carbocycles. The maximum absolute atomic E-state index is 6.43. The van der Waals surface area contributed by atoms with Crippen LogP contribution in [-0.4, -0.2) is 33.3 Å². The Kier molecular flexibility index (Phi) is 3.54. The molecule has 1 unspecified atom stereocenters. The fourth-order valence-electron chi connectivity index (χ4n) is 2.61. The summed E-state index contributed by atoms with van der Waals surface area (Å²) in [4.78, 5) is 2.50. The maximum Gasteiger partial charge on any atom is 0.0538 e. The Balaban J connectivity index is 2.14. The van der Waals surface area contributed by atoms with Crippen LogP contribution in [0, 0.1) is 0 Å². The van der Waals surface area contributed by atoms with Gasteiger partial charge in [-0.2, -0.15) is 5.10 Å². The number of rotatable bonds is 4. The highest BCUT2D eigenvalue weighted by molar-refractivity contribution is 5.16. The summed E-state index contributed by atoms with van der Waals surface area (Å²) in [5, 5.41) is 4.31. The minimum absolute atomic E-state index is 0.0120. The van der Waals surface area contributed by atoms with Gasteiger partial charge in [0.05, 0.1) is 12.2 Å². The molecule has 0 spiro atoms. The van der Waals surface area contributed by atoms with Crippen LogP contribution < -0.4 is 5.73 Å². The van der Waals surface area contributed by atoms with E-state index in [2.05, 4.69) is 37.0 Å². The molecule has 1 aromatic heterocycles. The SMILES string of the molecule is CCn1cc(C(N)C(C)(C)N2CCCC2)cn1. The van der Waals surface area contributed by atoms with Crippen LogP contribution in [0.2, 0.25) is 0 Å². The zero-order chi connectivity index (χ0) is 12.5. The zero-order valence-corrected chi connectivity index (χ0v) is 11.2. The summed E-state index contributed by atoms with van der Waals surface area (Å²) < 4.78 is 1.94. The average Bonchev–Trinajstić information content (AvgIpc) is 2.99. The molecule has 1 aromatic rings. The summed E-state index contributed by atoms with van der Waals surface area (Å²) in [5.41, 5.74) is 7.58. The third-order valence-corrected chi connectivity index (χ3v) is 4.02. The number of nitrogens with zero attached hydrogens (tertiary/aromatic N) is 3. The summed E-state index contributed by atoms with van der Waals surface area (Å²) in [6.07, 6.45) is 6.57. The largest absolute Gasteiger partial charge is 0.322 e. The Hall–Kier alpha value is -0.870. The van der Waals surface area contributed by atoms with Gasteiger partial charge in [0.15, 0.2) is 0 Å². The molecule has 2 rings (SSSR count). The molecule has 1 atom stereocenters. The number of hydrogen-bond acceptors (Lipinski definition) is 3. The van der Waals surface area contributed by atoms with Gasteiger partial charge in [-0.25, -0.2) is 0 Å². The van der Waals surface area contributed by atoms with Gasteiger partial charge in [0.1, 0.15) is 0 Å². The van der Waals surface area contributed by atoms with Gasteiger partial charge >= 0.3 is 0 Å². The number of hydrogen-bond donors (Lipinski definition) is 1. The van der Waals surface area contributed by atoms with Gasteiger partial charge in [-0.05, 0) is 46.7 Å². The molecular formula is C13H24N4. The number of aromatic nitrogens is 2. The zero-order valence-electron chi connectivity index (χ0n) is 11.2. The van der Waals surface area contributed by atoms with E-state index < -0.39 is 0 Å². The van der Waals surface area contributed by atoms with Crippen LogP contribution in [-0.2, 0) is 6.54 Å². The second kappa shape index (κ2) is 4.78. The highest BCUT2D eigenvalue weighted by atomic mass is 15.3. The molecule has 96 valence electrons. The van der Waals surface area contributed by atoms with Crippen LogP contribution >= 0.6 is 0 Å². The molecular weight excluding hydrogens is 212 g/mol. The Morgan fingerprint density at radius 1 is 1.41 bits per heavy atom. The Labute approximate surface area is 104 Å². The van der Waals surface area contributed by atoms with Gasteiger partial charge in [0.25, 0.3) is 0 Å². The molecule has 0 amide bonds. The molecule has 4 heteroatoms. The van der Waals surface area contributed by atoms with Gasteiger partial charge in [0, 0.05) is 23.8 Å². The van der Waals surface area contributed by atoms with Gasteiger partial charge in [-0.3, -0.25) is 9.58 Å². The maximum atomic E-state index is 6.43. The summed E-state index contributed by atoms with van der Waals surface area (Å²) >= 11 is 0. The minimum Gasteiger partial charge on any atom is -0.322 e. The fourth-order valence-corrected chi connectivity index (χ4v) is 2.61. The first-order valence-corrected chi connectivity index (χ1v) is 6.58. The number of nitrogens with two attached hydrogens (primary N) is 1. The number of aryl methyl sites for hydroxylation is 1. The highest BCUT2D eigenvalue weighted by Crippen LogP contribution is 2.31. The summed E-state index contributed by atoms with van der Waals surface area (Å²) in [6, 6.07) is 0.0286. The predicted octanol–water partition coefficient (Wildman–Crippen LogP) is 1.78. The molecule has 1 aliphatic heterocycles. The standard InChI is InChI=1S/C13H24N4/c1-4-17-10-11(9-15-17)12(14)13(2,3)16-7-5-6-8-16/h9-10,12H,4-8,14H2,1-3H3. The molecule has 2 N–H and O–H groups in total. The summed E-state index contributed by atoms with van der Waals surface area (Å²) in [6.45, 7) is 9.81. The van der Waals surface area contributed by atoms with Gasteiger partial charge < -0.3 is 5.73 Å². The molecule has 1 saturated heterocycles. The Bertz CT molecular complexity index is 363. The van der Waals surface area contributed by atoms with Crippen molar-refractivity contribution in [2.24, 2.45) is 5.73 Å². The third kappa shape index (κ3) is 2.38. The molecule has 2 heterocycles. The van der Waals surface area contributed by atoms with Crippen molar-refractivity contribution in [1.82, 2.24) is 14.7 Å². The van der Waals surface area contributed by atoms with E-state index >= 15 is 0 Å². The first-order valence-electron chi connectivity index (χ1n) is 6.58. The van der Waals surface area contributed by atoms with E-state index in [0.717, 1.165) is 12.1 Å². The van der Waals surface area contributed by atoms with E-state index in [-0.39, 0.29) is 11.6 Å². The summed E-state index contributed by atoms with van der Waals surface area (Å²) in [5.74, 6) is 0. The first kappa shape index (κ1) is 12.6. The lowest BCUT2D eigenvalue weighted by Gasteiger charge is -2.40. The molecule has 17 heavy (non-hydrogen) atoms. The van der Waals surface area contributed by atoms with E-state index in [1.165, 1.54) is 25.9 Å². The molecule has 4 nitrogen and oxygen atoms in total. The van der Waals surface area contributed by atoms with Crippen molar-refractivity contribution in [1.29, 1.82) is 0 Å². The quantitative estimate of drug-likeness (QED) is 0.867. The predicted molar refractivity (Wildman–Crippen MR) is 69.7 cm³/mol. The molecule has 1 fully saturated rings. The first-order chi connectivity index (χ1) is 8.05. The van der Waals surface area contributed by atoms with Crippen molar-refractivity contribution in [2.45, 2.75) is 51.7 Å². The van der Waals surface area contributed by atoms with Crippen LogP contribution in [0.1, 0.15) is 45.2 Å². The van der Waals surface area contributed by atoms with Gasteiger partial charge in [0.2, 0.25) is 0 Å². The molecule has 0 radical (unpaired) electrons. The molecule has 0 aliphatic carbocycles. The highest BCUT2D eigenvalue weighted by Gasteiger charge is 2.35. The third-order valence-electron chi connectivity index (χ3n) is 4.02. The van der Waals surface area contributed by atoms with Gasteiger partial charge in [-0.1, -0.05) is 0 Å². The van der Waals surface area contributed by atoms with Crippen LogP contribution in [0.3, 0.4) is 0 Å². The lowest BCUT2D eigenvalue weighted by Crippen LogP contribution is -2.49. The minimum atomic E-state index is 0.0120. The fraction of sp³-hybridized carbons (Fsp3) is 0.769. The molecule has 0 bridgehead atoms. The van der Waals surface area contributed by atoms with Crippen molar-refractivity contribution in [3.05, 3.63) is 18.0 Å². The Morgan fingerprint density at radius 2 is 2.06 bits per heavy atom. The lowest BCUT2D eigenvalue weighted by atomic mass is 9.89. The number of likely N-dealkylation sites (tertiary alicyclic amines) is 1. The topological polar surface area (TPSA) is 47.1 Å². The molecule has 1 aliphatic rings. The van der Waals surface area contributed by atoms with Crippen molar-refractivity contribution < 1.29 is 0 Å². The van der Waals surface area contributed by atoms with Crippen molar-refractivity contribution >= 4 is 0 Å². The van der Waals surface area contributed by atoms with E-state index in [1.54, 1.807) is 0 Å². The molecule has 0 aromatic carbocycles. The second-order valence-corrected chi connectivity index (χ2v) is 5.45. The van der Waals surface area contributed by atoms with E-state index in [0.29, 0.717) is 0 Å². The summed E-state index contributed by atoms with van der Waals surface area (Å²) in [7, 11) is 0. The van der Waals surface area contributed by atoms with Crippen LogP contribution in [0.15, 0.2) is 12.4 Å². The van der Waals surface area contributed by atoms with Crippen molar-refractivity contribution in [2.75, 3.05) is 13.1 Å². The smallest absolute Gasteiger partial charge is 0.0538 e.